The Kier molecular flexibility index (Phi) is 4.01. The van der Waals surface area contributed by atoms with E-state index in [9.17, 15) is 4.79 Å². The molecule has 4 heteroatoms. The van der Waals surface area contributed by atoms with Gasteiger partial charge in [0.05, 0.1) is 0 Å². The first-order valence-corrected chi connectivity index (χ1v) is 7.07. The van der Waals surface area contributed by atoms with Crippen molar-refractivity contribution in [2.24, 2.45) is 0 Å². The van der Waals surface area contributed by atoms with E-state index in [4.69, 9.17) is 4.74 Å². The Hall–Kier alpha value is -2.88. The molecule has 0 aliphatic rings. The third kappa shape index (κ3) is 3.06. The normalized spacial score (nSPS) is 11.1. The molecule has 0 saturated carbocycles. The Labute approximate surface area is 128 Å². The molecular weight excluding hydrogens is 276 g/mol. The number of hydrogen-bond acceptors (Lipinski definition) is 3. The molecule has 0 aliphatic heterocycles. The summed E-state index contributed by atoms with van der Waals surface area (Å²) in [6.45, 7) is 2.19. The van der Waals surface area contributed by atoms with E-state index in [0.717, 1.165) is 16.9 Å². The van der Waals surface area contributed by atoms with Gasteiger partial charge in [-0.25, -0.2) is 9.78 Å². The predicted octanol–water partition coefficient (Wildman–Crippen LogP) is 3.51. The van der Waals surface area contributed by atoms with Gasteiger partial charge in [-0.05, 0) is 30.7 Å². The van der Waals surface area contributed by atoms with Gasteiger partial charge in [0.2, 0.25) is 0 Å². The number of benzene rings is 1. The molecule has 0 aliphatic carbocycles. The Bertz CT molecular complexity index is 819. The molecule has 0 radical (unpaired) electrons. The number of carbonyl (C=O) groups is 1. The van der Waals surface area contributed by atoms with Gasteiger partial charge in [-0.3, -0.25) is 0 Å². The number of aryl methyl sites for hydroxylation is 1. The van der Waals surface area contributed by atoms with Gasteiger partial charge in [-0.1, -0.05) is 42.5 Å². The van der Waals surface area contributed by atoms with E-state index < -0.39 is 5.97 Å². The van der Waals surface area contributed by atoms with Crippen LogP contribution in [0.1, 0.15) is 21.7 Å². The summed E-state index contributed by atoms with van der Waals surface area (Å²) in [6, 6.07) is 15.6. The van der Waals surface area contributed by atoms with Gasteiger partial charge >= 0.3 is 5.97 Å². The second kappa shape index (κ2) is 6.26. The van der Waals surface area contributed by atoms with Crippen LogP contribution < -0.4 is 0 Å². The molecule has 22 heavy (non-hydrogen) atoms. The number of fused-ring (bicyclic) bond motifs is 1. The lowest BCUT2D eigenvalue weighted by atomic mass is 10.2. The van der Waals surface area contributed by atoms with Crippen molar-refractivity contribution in [1.29, 1.82) is 0 Å². The fraction of sp³-hybridized carbons (Fsp3) is 0.111. The summed E-state index contributed by atoms with van der Waals surface area (Å²) in [5.41, 5.74) is 3.16. The van der Waals surface area contributed by atoms with Crippen molar-refractivity contribution >= 4 is 17.7 Å². The Morgan fingerprint density at radius 2 is 2.00 bits per heavy atom. The monoisotopic (exact) mass is 292 g/mol. The number of rotatable bonds is 4. The second-order valence-electron chi connectivity index (χ2n) is 4.93. The van der Waals surface area contributed by atoms with Gasteiger partial charge in [0.25, 0.3) is 0 Å². The molecule has 0 bridgehead atoms. The van der Waals surface area contributed by atoms with E-state index in [-0.39, 0.29) is 6.61 Å². The highest BCUT2D eigenvalue weighted by atomic mass is 16.5. The lowest BCUT2D eigenvalue weighted by Crippen LogP contribution is -2.05. The fourth-order valence-corrected chi connectivity index (χ4v) is 2.19. The molecule has 3 aromatic rings. The first-order chi connectivity index (χ1) is 10.7. The summed E-state index contributed by atoms with van der Waals surface area (Å²) < 4.78 is 7.09. The van der Waals surface area contributed by atoms with E-state index in [1.54, 1.807) is 6.20 Å². The summed E-state index contributed by atoms with van der Waals surface area (Å²) in [7, 11) is 0. The zero-order valence-corrected chi connectivity index (χ0v) is 12.3. The number of ether oxygens (including phenoxy) is 1. The Morgan fingerprint density at radius 1 is 1.18 bits per heavy atom. The standard InChI is InChI=1S/C18H16N2O2/c1-14-7-5-11-17-19-16(13-20(14)17)18(21)22-12-6-10-15-8-3-2-4-9-15/h2-11,13H,12H2,1H3/b10-6-. The predicted molar refractivity (Wildman–Crippen MR) is 85.7 cm³/mol. The lowest BCUT2D eigenvalue weighted by molar-refractivity contribution is 0.0544. The average Bonchev–Trinajstić information content (AvgIpc) is 2.98. The lowest BCUT2D eigenvalue weighted by Gasteiger charge is -1.98. The quantitative estimate of drug-likeness (QED) is 0.691. The van der Waals surface area contributed by atoms with Crippen molar-refractivity contribution < 1.29 is 9.53 Å². The van der Waals surface area contributed by atoms with Crippen LogP contribution in [0.4, 0.5) is 0 Å². The molecule has 0 fully saturated rings. The molecule has 2 aromatic heterocycles. The van der Waals surface area contributed by atoms with Crippen LogP contribution in [-0.4, -0.2) is 22.0 Å². The van der Waals surface area contributed by atoms with Crippen molar-refractivity contribution in [2.75, 3.05) is 6.61 Å². The van der Waals surface area contributed by atoms with Crippen molar-refractivity contribution in [3.8, 4) is 0 Å². The summed E-state index contributed by atoms with van der Waals surface area (Å²) in [5, 5.41) is 0. The molecule has 0 atom stereocenters. The molecule has 0 amide bonds. The number of carbonyl (C=O) groups excluding carboxylic acids is 1. The minimum Gasteiger partial charge on any atom is -0.457 e. The number of nitrogens with zero attached hydrogens (tertiary/aromatic N) is 2. The van der Waals surface area contributed by atoms with Crippen LogP contribution in [-0.2, 0) is 4.74 Å². The molecular formula is C18H16N2O2. The average molecular weight is 292 g/mol. The molecule has 1 aromatic carbocycles. The Balaban J connectivity index is 1.64. The minimum atomic E-state index is -0.416. The van der Waals surface area contributed by atoms with Gasteiger partial charge in [-0.15, -0.1) is 0 Å². The summed E-state index contributed by atoms with van der Waals surface area (Å²) >= 11 is 0. The van der Waals surface area contributed by atoms with Crippen molar-refractivity contribution in [1.82, 2.24) is 9.38 Å². The molecule has 110 valence electrons. The van der Waals surface area contributed by atoms with Crippen molar-refractivity contribution in [3.63, 3.8) is 0 Å². The van der Waals surface area contributed by atoms with E-state index >= 15 is 0 Å². The van der Waals surface area contributed by atoms with Crippen LogP contribution in [0.15, 0.2) is 60.8 Å². The third-order valence-electron chi connectivity index (χ3n) is 3.33. The smallest absolute Gasteiger partial charge is 0.358 e. The fourth-order valence-electron chi connectivity index (χ4n) is 2.19. The summed E-state index contributed by atoms with van der Waals surface area (Å²) in [6.07, 6.45) is 5.43. The molecule has 4 nitrogen and oxygen atoms in total. The zero-order valence-electron chi connectivity index (χ0n) is 12.3. The number of aromatic nitrogens is 2. The second-order valence-corrected chi connectivity index (χ2v) is 4.93. The Morgan fingerprint density at radius 3 is 2.77 bits per heavy atom. The molecule has 3 rings (SSSR count). The highest BCUT2D eigenvalue weighted by molar-refractivity contribution is 5.88. The van der Waals surface area contributed by atoms with E-state index in [2.05, 4.69) is 4.98 Å². The van der Waals surface area contributed by atoms with Gasteiger partial charge < -0.3 is 9.14 Å². The zero-order chi connectivity index (χ0) is 15.4. The molecule has 0 N–H and O–H groups in total. The van der Waals surface area contributed by atoms with Crippen LogP contribution in [0.5, 0.6) is 0 Å². The van der Waals surface area contributed by atoms with Crippen LogP contribution in [0.25, 0.3) is 11.7 Å². The largest absolute Gasteiger partial charge is 0.457 e. The number of esters is 1. The number of pyridine rings is 1. The molecule has 0 saturated heterocycles. The summed E-state index contributed by atoms with van der Waals surface area (Å²) in [5.74, 6) is -0.416. The third-order valence-corrected chi connectivity index (χ3v) is 3.33. The van der Waals surface area contributed by atoms with Crippen LogP contribution in [0.2, 0.25) is 0 Å². The molecule has 0 unspecified atom stereocenters. The van der Waals surface area contributed by atoms with Crippen LogP contribution >= 0.6 is 0 Å². The van der Waals surface area contributed by atoms with Crippen molar-refractivity contribution in [2.45, 2.75) is 6.92 Å². The first kappa shape index (κ1) is 14.1. The van der Waals surface area contributed by atoms with E-state index in [0.29, 0.717) is 5.69 Å². The van der Waals surface area contributed by atoms with E-state index in [1.165, 1.54) is 0 Å². The van der Waals surface area contributed by atoms with Gasteiger partial charge in [0.15, 0.2) is 5.69 Å². The minimum absolute atomic E-state index is 0.223. The van der Waals surface area contributed by atoms with Crippen LogP contribution in [0, 0.1) is 6.92 Å². The van der Waals surface area contributed by atoms with Crippen LogP contribution in [0.3, 0.4) is 0 Å². The van der Waals surface area contributed by atoms with E-state index in [1.807, 2.05) is 72.0 Å². The highest BCUT2D eigenvalue weighted by Gasteiger charge is 2.12. The molecule has 2 heterocycles. The number of hydrogen-bond donors (Lipinski definition) is 0. The molecule has 0 spiro atoms. The maximum Gasteiger partial charge on any atom is 0.358 e. The van der Waals surface area contributed by atoms with Gasteiger partial charge in [-0.2, -0.15) is 0 Å². The maximum absolute atomic E-state index is 12.0. The maximum atomic E-state index is 12.0. The first-order valence-electron chi connectivity index (χ1n) is 7.07. The topological polar surface area (TPSA) is 43.6 Å². The summed E-state index contributed by atoms with van der Waals surface area (Å²) in [4.78, 5) is 16.3. The van der Waals surface area contributed by atoms with Crippen molar-refractivity contribution in [3.05, 3.63) is 77.8 Å². The highest BCUT2D eigenvalue weighted by Crippen LogP contribution is 2.09. The SMILES string of the molecule is Cc1cccc2nc(C(=O)OC/C=C\c3ccccc3)cn12. The van der Waals surface area contributed by atoms with Gasteiger partial charge in [0, 0.05) is 11.9 Å². The van der Waals surface area contributed by atoms with Gasteiger partial charge in [0.1, 0.15) is 12.3 Å². The number of imidazole rings is 1.